The third kappa shape index (κ3) is 11.3. The Kier molecular flexibility index (Phi) is 12.9. The Morgan fingerprint density at radius 3 is 2.37 bits per heavy atom. The van der Waals surface area contributed by atoms with Crippen LogP contribution in [0.15, 0.2) is 59.6 Å². The first kappa shape index (κ1) is 38.5. The van der Waals surface area contributed by atoms with E-state index in [0.29, 0.717) is 24.9 Å². The van der Waals surface area contributed by atoms with Crippen LogP contribution in [0.5, 0.6) is 5.75 Å². The maximum atomic E-state index is 14.2. The number of hydrogen-bond acceptors (Lipinski definition) is 8. The molecule has 1 amide bonds. The number of likely N-dealkylation sites (tertiary alicyclic amines) is 1. The van der Waals surface area contributed by atoms with E-state index in [4.69, 9.17) is 24.1 Å². The number of amides is 1. The number of aliphatic imine (C=N–C) groups is 1. The zero-order chi connectivity index (χ0) is 36.4. The zero-order valence-electron chi connectivity index (χ0n) is 27.4. The van der Waals surface area contributed by atoms with E-state index in [1.54, 1.807) is 32.6 Å². The molecule has 1 unspecified atom stereocenters. The zero-order valence-corrected chi connectivity index (χ0v) is 27.4. The van der Waals surface area contributed by atoms with Crippen LogP contribution >= 0.6 is 0 Å². The van der Waals surface area contributed by atoms with Gasteiger partial charge in [-0.25, -0.2) is 0 Å². The van der Waals surface area contributed by atoms with E-state index in [2.05, 4.69) is 10.3 Å². The molecule has 3 rings (SSSR count). The van der Waals surface area contributed by atoms with E-state index in [0.717, 1.165) is 31.4 Å². The number of alkyl carbamates (subject to hydrolysis) is 1. The molecule has 1 heterocycles. The number of hydrogen-bond donors (Lipinski definition) is 1. The van der Waals surface area contributed by atoms with Crippen LogP contribution in [0.2, 0.25) is 0 Å². The third-order valence-corrected chi connectivity index (χ3v) is 6.88. The summed E-state index contributed by atoms with van der Waals surface area (Å²) in [5.41, 5.74) is -1.92. The van der Waals surface area contributed by atoms with Crippen molar-refractivity contribution in [2.24, 2.45) is 4.99 Å². The number of nitrogens with one attached hydrogen (secondary N) is 1. The van der Waals surface area contributed by atoms with Gasteiger partial charge in [-0.2, -0.15) is 13.2 Å². The van der Waals surface area contributed by atoms with Gasteiger partial charge >= 0.3 is 220 Å². The molecule has 49 heavy (non-hydrogen) atoms. The Morgan fingerprint density at radius 1 is 1.10 bits per heavy atom. The number of nitrogens with zero attached hydrogens (tertiary/aromatic N) is 3. The monoisotopic (exact) mass is 692 g/mol. The van der Waals surface area contributed by atoms with Gasteiger partial charge in [0, 0.05) is 0 Å². The van der Waals surface area contributed by atoms with Crippen LogP contribution in [-0.4, -0.2) is 61.6 Å². The molecule has 2 aromatic carbocycles. The molecule has 1 aliphatic heterocycles. The topological polar surface area (TPSA) is 105 Å². The van der Waals surface area contributed by atoms with Gasteiger partial charge in [0.1, 0.15) is 0 Å². The molecule has 2 aromatic rings. The summed E-state index contributed by atoms with van der Waals surface area (Å²) in [4.78, 5) is 18.7. The second-order valence-corrected chi connectivity index (χ2v) is 11.6. The predicted octanol–water partition coefficient (Wildman–Crippen LogP) is 7.42. The van der Waals surface area contributed by atoms with Crippen molar-refractivity contribution in [3.63, 3.8) is 0 Å². The molecule has 0 spiro atoms. The van der Waals surface area contributed by atoms with Crippen LogP contribution in [-0.2, 0) is 26.5 Å². The van der Waals surface area contributed by atoms with Crippen molar-refractivity contribution in [1.29, 1.82) is 5.26 Å². The second kappa shape index (κ2) is 16.4. The molecule has 1 aliphatic rings. The fourth-order valence-electron chi connectivity index (χ4n) is 4.78. The van der Waals surface area contributed by atoms with E-state index in [-0.39, 0.29) is 29.5 Å². The molecular formula is C33H35BF6N4O5. The van der Waals surface area contributed by atoms with Gasteiger partial charge in [-0.3, -0.25) is 0 Å². The Labute approximate surface area is 280 Å². The fraction of sp³-hybridized carbons (Fsp3) is 0.394. The molecule has 9 nitrogen and oxygen atoms in total. The number of rotatable bonds is 10. The second-order valence-electron chi connectivity index (χ2n) is 11.6. The molecular weight excluding hydrogens is 657 g/mol. The molecule has 0 aromatic heterocycles. The van der Waals surface area contributed by atoms with Crippen LogP contribution in [0.1, 0.15) is 62.8 Å². The Bertz CT molecular complexity index is 1620. The van der Waals surface area contributed by atoms with E-state index in [1.807, 2.05) is 0 Å². The third-order valence-electron chi connectivity index (χ3n) is 6.88. The van der Waals surface area contributed by atoms with Gasteiger partial charge in [0.05, 0.1) is 5.56 Å². The van der Waals surface area contributed by atoms with Crippen LogP contribution in [0.4, 0.5) is 31.1 Å². The normalized spacial score (nSPS) is 16.2. The molecule has 1 atom stereocenters. The van der Waals surface area contributed by atoms with Crippen molar-refractivity contribution in [2.45, 2.75) is 64.5 Å². The molecule has 1 N–H and O–H groups in total. The van der Waals surface area contributed by atoms with Crippen LogP contribution in [0.25, 0.3) is 11.8 Å². The van der Waals surface area contributed by atoms with Gasteiger partial charge in [0.15, 0.2) is 0 Å². The van der Waals surface area contributed by atoms with Crippen molar-refractivity contribution in [3.8, 4) is 12.0 Å². The van der Waals surface area contributed by atoms with Gasteiger partial charge < -0.3 is 0 Å². The van der Waals surface area contributed by atoms with Gasteiger partial charge in [-0.15, -0.1) is 0 Å². The molecule has 1 saturated heterocycles. The minimum atomic E-state index is -4.80. The van der Waals surface area contributed by atoms with Crippen LogP contribution < -0.4 is 10.1 Å². The van der Waals surface area contributed by atoms with Crippen molar-refractivity contribution in [3.05, 3.63) is 76.9 Å². The molecule has 0 radical (unpaired) electrons. The van der Waals surface area contributed by atoms with E-state index < -0.39 is 47.0 Å². The Balaban J connectivity index is 1.84. The number of nitriles is 1. The first-order chi connectivity index (χ1) is 23.0. The average molecular weight is 692 g/mol. The number of carbonyl (C=O) groups is 1. The summed E-state index contributed by atoms with van der Waals surface area (Å²) in [7, 11) is 2.40. The first-order valence-electron chi connectivity index (χ1n) is 15.0. The quantitative estimate of drug-likeness (QED) is 0.0909. The van der Waals surface area contributed by atoms with Gasteiger partial charge in [-0.05, 0) is 23.8 Å². The molecule has 0 aliphatic carbocycles. The van der Waals surface area contributed by atoms with Gasteiger partial charge in [-0.1, -0.05) is 18.2 Å². The van der Waals surface area contributed by atoms with Crippen molar-refractivity contribution < 1.29 is 50.0 Å². The van der Waals surface area contributed by atoms with E-state index >= 15 is 0 Å². The average Bonchev–Trinajstić information content (AvgIpc) is 3.50. The number of ether oxygens (including phenoxy) is 3. The number of allylic oxidation sites excluding steroid dienone is 1. The Hall–Kier alpha value is -4.94. The molecule has 262 valence electrons. The standard InChI is InChI=1S/C33H35BF6N4O5/c1-6-25(42-28(46-5)26-10-7-17-44(26)29(34-48-20-41)43-30(45)49-31(2,3)4)22-13-16-27(24(19-22)33(38,39)40)47-18-8-9-21-11-14-23(15-12-21)32(35,36)37/h6,8-9,11-16,19,26H,7,10,17-18H2,1-5H3,(H,43,45)/b9-8-,25-6-,42-28?. The molecule has 1 fully saturated rings. The van der Waals surface area contributed by atoms with Crippen LogP contribution in [0, 0.1) is 11.5 Å². The van der Waals surface area contributed by atoms with Crippen molar-refractivity contribution >= 4 is 36.6 Å². The summed E-state index contributed by atoms with van der Waals surface area (Å²) in [5, 5.41) is 11.5. The number of methoxy groups -OCH3 is 1. The van der Waals surface area contributed by atoms with Gasteiger partial charge in [0.25, 0.3) is 0 Å². The first-order valence-corrected chi connectivity index (χ1v) is 15.0. The van der Waals surface area contributed by atoms with Crippen molar-refractivity contribution in [1.82, 2.24) is 10.2 Å². The summed E-state index contributed by atoms with van der Waals surface area (Å²) in [6, 6.07) is 7.14. The maximum absolute atomic E-state index is 14.2. The molecule has 0 bridgehead atoms. The Morgan fingerprint density at radius 2 is 1.80 bits per heavy atom. The number of halogens is 6. The van der Waals surface area contributed by atoms with Gasteiger partial charge in [0.2, 0.25) is 0 Å². The summed E-state index contributed by atoms with van der Waals surface area (Å²) >= 11 is 0. The van der Waals surface area contributed by atoms with E-state index in [9.17, 15) is 31.1 Å². The number of benzene rings is 2. The number of carbonyl (C=O) groups excluding carboxylic acids is 1. The summed E-state index contributed by atoms with van der Waals surface area (Å²) < 4.78 is 102. The minimum absolute atomic E-state index is 0.0957. The number of alkyl halides is 6. The summed E-state index contributed by atoms with van der Waals surface area (Å²) in [5.74, 6) is -0.330. The van der Waals surface area contributed by atoms with Crippen LogP contribution in [0.3, 0.4) is 0 Å². The van der Waals surface area contributed by atoms with E-state index in [1.165, 1.54) is 49.8 Å². The SMILES string of the molecule is C/C=C(\N=C(OC)C1CCCN1C(=BOC#N)NC(=O)OC(C)(C)C)c1ccc(OC/C=C\c2ccc(C(F)(F)F)cc2)c(C(F)(F)F)c1. The van der Waals surface area contributed by atoms with Crippen molar-refractivity contribution in [2.75, 3.05) is 20.3 Å². The predicted molar refractivity (Wildman–Crippen MR) is 172 cm³/mol. The summed E-state index contributed by atoms with van der Waals surface area (Å²) in [6.07, 6.45) is -3.13. The molecule has 16 heteroatoms. The molecule has 0 saturated carbocycles. The summed E-state index contributed by atoms with van der Waals surface area (Å²) in [6.45, 7) is 6.75. The fourth-order valence-corrected chi connectivity index (χ4v) is 4.78.